The van der Waals surface area contributed by atoms with Gasteiger partial charge in [-0.15, -0.1) is 0 Å². The highest BCUT2D eigenvalue weighted by atomic mass is 16.3. The second-order valence-corrected chi connectivity index (χ2v) is 5.93. The number of aryl methyl sites for hydroxylation is 1. The number of carbonyl (C=O) groups is 1. The van der Waals surface area contributed by atoms with Gasteiger partial charge >= 0.3 is 0 Å². The van der Waals surface area contributed by atoms with E-state index in [1.165, 1.54) is 0 Å². The van der Waals surface area contributed by atoms with Crippen molar-refractivity contribution < 1.29 is 9.21 Å². The molecule has 2 aromatic rings. The van der Waals surface area contributed by atoms with Crippen molar-refractivity contribution in [3.63, 3.8) is 0 Å². The summed E-state index contributed by atoms with van der Waals surface area (Å²) < 4.78 is 5.60. The van der Waals surface area contributed by atoms with E-state index in [-0.39, 0.29) is 11.4 Å². The summed E-state index contributed by atoms with van der Waals surface area (Å²) in [4.78, 5) is 12.2. The Hall–Kier alpha value is -1.81. The van der Waals surface area contributed by atoms with Gasteiger partial charge in [0.05, 0.1) is 0 Å². The first kappa shape index (κ1) is 13.2. The molecule has 1 aliphatic heterocycles. The zero-order valence-electron chi connectivity index (χ0n) is 12.0. The molecule has 1 fully saturated rings. The molecule has 1 aliphatic rings. The van der Waals surface area contributed by atoms with Gasteiger partial charge < -0.3 is 15.1 Å². The molecule has 106 valence electrons. The number of nitrogens with one attached hydrogen (secondary N) is 2. The molecule has 4 heteroatoms. The standard InChI is InChI=1S/C16H20N2O2/c1-11-4-5-13-12(8-11)9-14(20-13)15(19)17-10-16(2)6-3-7-18-16/h4-5,8-9,18H,3,6-7,10H2,1-2H3,(H,17,19). The number of amides is 1. The Labute approximate surface area is 118 Å². The highest BCUT2D eigenvalue weighted by Crippen LogP contribution is 2.21. The monoisotopic (exact) mass is 272 g/mol. The van der Waals surface area contributed by atoms with Crippen LogP contribution in [0.2, 0.25) is 0 Å². The van der Waals surface area contributed by atoms with Gasteiger partial charge in [-0.05, 0) is 51.4 Å². The third kappa shape index (κ3) is 2.56. The normalized spacial score (nSPS) is 22.3. The van der Waals surface area contributed by atoms with Crippen LogP contribution in [0.4, 0.5) is 0 Å². The Morgan fingerprint density at radius 2 is 2.30 bits per heavy atom. The first-order valence-corrected chi connectivity index (χ1v) is 7.09. The van der Waals surface area contributed by atoms with E-state index >= 15 is 0 Å². The van der Waals surface area contributed by atoms with Gasteiger partial charge in [0.2, 0.25) is 0 Å². The number of rotatable bonds is 3. The third-order valence-electron chi connectivity index (χ3n) is 3.99. The molecule has 0 radical (unpaired) electrons. The van der Waals surface area contributed by atoms with Crippen molar-refractivity contribution in [2.45, 2.75) is 32.2 Å². The van der Waals surface area contributed by atoms with Gasteiger partial charge in [0.25, 0.3) is 5.91 Å². The fourth-order valence-corrected chi connectivity index (χ4v) is 2.75. The maximum Gasteiger partial charge on any atom is 0.287 e. The van der Waals surface area contributed by atoms with Crippen LogP contribution in [0.5, 0.6) is 0 Å². The Kier molecular flexibility index (Phi) is 3.26. The summed E-state index contributed by atoms with van der Waals surface area (Å²) in [5, 5.41) is 7.36. The van der Waals surface area contributed by atoms with E-state index in [1.807, 2.05) is 31.2 Å². The van der Waals surface area contributed by atoms with Crippen molar-refractivity contribution in [1.82, 2.24) is 10.6 Å². The lowest BCUT2D eigenvalue weighted by Crippen LogP contribution is -2.47. The van der Waals surface area contributed by atoms with Crippen LogP contribution < -0.4 is 10.6 Å². The molecule has 3 rings (SSSR count). The largest absolute Gasteiger partial charge is 0.451 e. The minimum atomic E-state index is -0.145. The predicted octanol–water partition coefficient (Wildman–Crippen LogP) is 2.61. The lowest BCUT2D eigenvalue weighted by atomic mass is 10.0. The molecule has 4 nitrogen and oxygen atoms in total. The van der Waals surface area contributed by atoms with E-state index in [4.69, 9.17) is 4.42 Å². The van der Waals surface area contributed by atoms with E-state index in [1.54, 1.807) is 0 Å². The summed E-state index contributed by atoms with van der Waals surface area (Å²) in [6, 6.07) is 7.72. The highest BCUT2D eigenvalue weighted by molar-refractivity contribution is 5.96. The first-order chi connectivity index (χ1) is 9.56. The Morgan fingerprint density at radius 1 is 1.45 bits per heavy atom. The van der Waals surface area contributed by atoms with Crippen molar-refractivity contribution in [3.05, 3.63) is 35.6 Å². The van der Waals surface area contributed by atoms with E-state index in [2.05, 4.69) is 17.6 Å². The fraction of sp³-hybridized carbons (Fsp3) is 0.438. The van der Waals surface area contributed by atoms with Crippen molar-refractivity contribution in [1.29, 1.82) is 0 Å². The van der Waals surface area contributed by atoms with E-state index in [0.29, 0.717) is 12.3 Å². The maximum absolute atomic E-state index is 12.2. The fourth-order valence-electron chi connectivity index (χ4n) is 2.75. The molecule has 20 heavy (non-hydrogen) atoms. The molecule has 0 aliphatic carbocycles. The molecule has 1 aromatic carbocycles. The average Bonchev–Trinajstić information content (AvgIpc) is 3.02. The van der Waals surface area contributed by atoms with Gasteiger partial charge in [-0.1, -0.05) is 11.6 Å². The van der Waals surface area contributed by atoms with E-state index in [9.17, 15) is 4.79 Å². The van der Waals surface area contributed by atoms with Crippen LogP contribution in [-0.2, 0) is 0 Å². The molecular formula is C16H20N2O2. The van der Waals surface area contributed by atoms with Crippen molar-refractivity contribution in [2.75, 3.05) is 13.1 Å². The van der Waals surface area contributed by atoms with E-state index < -0.39 is 0 Å². The topological polar surface area (TPSA) is 54.3 Å². The summed E-state index contributed by atoms with van der Waals surface area (Å²) in [6.07, 6.45) is 2.25. The highest BCUT2D eigenvalue weighted by Gasteiger charge is 2.28. The van der Waals surface area contributed by atoms with Gasteiger partial charge in [-0.25, -0.2) is 0 Å². The molecule has 2 N–H and O–H groups in total. The number of carbonyl (C=O) groups excluding carboxylic acids is 1. The quantitative estimate of drug-likeness (QED) is 0.903. The smallest absolute Gasteiger partial charge is 0.287 e. The molecule has 0 saturated carbocycles. The minimum absolute atomic E-state index is 0.0122. The summed E-state index contributed by atoms with van der Waals surface area (Å²) in [6.45, 7) is 5.82. The van der Waals surface area contributed by atoms with Gasteiger partial charge in [-0.3, -0.25) is 4.79 Å². The number of furan rings is 1. The zero-order valence-corrected chi connectivity index (χ0v) is 12.0. The van der Waals surface area contributed by atoms with Crippen LogP contribution in [0.3, 0.4) is 0 Å². The van der Waals surface area contributed by atoms with Crippen molar-refractivity contribution >= 4 is 16.9 Å². The van der Waals surface area contributed by atoms with Gasteiger partial charge in [0, 0.05) is 17.5 Å². The number of hydrogen-bond donors (Lipinski definition) is 2. The Morgan fingerprint density at radius 3 is 3.05 bits per heavy atom. The van der Waals surface area contributed by atoms with Crippen LogP contribution in [0.25, 0.3) is 11.0 Å². The Balaban J connectivity index is 1.72. The predicted molar refractivity (Wildman–Crippen MR) is 78.9 cm³/mol. The number of fused-ring (bicyclic) bond motifs is 1. The van der Waals surface area contributed by atoms with E-state index in [0.717, 1.165) is 35.9 Å². The third-order valence-corrected chi connectivity index (χ3v) is 3.99. The maximum atomic E-state index is 12.2. The molecule has 2 heterocycles. The summed E-state index contributed by atoms with van der Waals surface area (Å²) >= 11 is 0. The van der Waals surface area contributed by atoms with Gasteiger partial charge in [-0.2, -0.15) is 0 Å². The summed E-state index contributed by atoms with van der Waals surface area (Å²) in [5.74, 6) is 0.237. The van der Waals surface area contributed by atoms with Crippen LogP contribution in [-0.4, -0.2) is 24.5 Å². The lowest BCUT2D eigenvalue weighted by Gasteiger charge is -2.24. The molecule has 0 bridgehead atoms. The van der Waals surface area contributed by atoms with Crippen LogP contribution >= 0.6 is 0 Å². The van der Waals surface area contributed by atoms with Gasteiger partial charge in [0.1, 0.15) is 5.58 Å². The van der Waals surface area contributed by atoms with Gasteiger partial charge in [0.15, 0.2) is 5.76 Å². The molecular weight excluding hydrogens is 252 g/mol. The van der Waals surface area contributed by atoms with Crippen molar-refractivity contribution in [3.8, 4) is 0 Å². The molecule has 1 aromatic heterocycles. The second-order valence-electron chi connectivity index (χ2n) is 5.93. The molecule has 1 amide bonds. The summed E-state index contributed by atoms with van der Waals surface area (Å²) in [7, 11) is 0. The first-order valence-electron chi connectivity index (χ1n) is 7.09. The minimum Gasteiger partial charge on any atom is -0.451 e. The molecule has 1 saturated heterocycles. The number of hydrogen-bond acceptors (Lipinski definition) is 3. The zero-order chi connectivity index (χ0) is 14.2. The van der Waals surface area contributed by atoms with Crippen molar-refractivity contribution in [2.24, 2.45) is 0 Å². The number of benzene rings is 1. The van der Waals surface area contributed by atoms with Crippen LogP contribution in [0, 0.1) is 6.92 Å². The van der Waals surface area contributed by atoms with Crippen LogP contribution in [0.15, 0.2) is 28.7 Å². The molecule has 0 spiro atoms. The Bertz CT molecular complexity index is 639. The second kappa shape index (κ2) is 4.94. The SMILES string of the molecule is Cc1ccc2oc(C(=O)NCC3(C)CCCN3)cc2c1. The average molecular weight is 272 g/mol. The summed E-state index contributed by atoms with van der Waals surface area (Å²) in [5.41, 5.74) is 1.93. The van der Waals surface area contributed by atoms with Crippen LogP contribution in [0.1, 0.15) is 35.9 Å². The lowest BCUT2D eigenvalue weighted by molar-refractivity contribution is 0.0917. The molecule has 1 unspecified atom stereocenters. The molecule has 1 atom stereocenters.